The third-order valence-corrected chi connectivity index (χ3v) is 2.55. The maximum atomic E-state index is 2.18. The van der Waals surface area contributed by atoms with E-state index in [0.29, 0.717) is 0 Å². The molecule has 0 radical (unpaired) electrons. The Hall–Kier alpha value is -0.440. The van der Waals surface area contributed by atoms with Crippen LogP contribution in [0.1, 0.15) is 25.2 Å². The van der Waals surface area contributed by atoms with Gasteiger partial charge in [-0.1, -0.05) is 17.9 Å². The summed E-state index contributed by atoms with van der Waals surface area (Å²) in [4.78, 5) is 0. The lowest BCUT2D eigenvalue weighted by molar-refractivity contribution is -0.741. The van der Waals surface area contributed by atoms with Gasteiger partial charge in [-0.25, -0.2) is 0 Å². The molecule has 0 spiro atoms. The summed E-state index contributed by atoms with van der Waals surface area (Å²) in [5.74, 6) is 0. The van der Waals surface area contributed by atoms with Crippen LogP contribution in [0.2, 0.25) is 0 Å². The standard InChI is InChI=1S/C7H13N2S.C2H6/c1-6-5-7(2)9(10-4)8(6)3;1-2/h5H,1-4H3;1-2H3/q+1;. The van der Waals surface area contributed by atoms with Crippen LogP contribution < -0.4 is 4.68 Å². The monoisotopic (exact) mass is 187 g/mol. The molecular formula is C9H19N2S+. The molecule has 70 valence electrons. The highest BCUT2D eigenvalue weighted by molar-refractivity contribution is 7.96. The molecule has 0 N–H and O–H groups in total. The van der Waals surface area contributed by atoms with Crippen molar-refractivity contribution in [3.63, 3.8) is 0 Å². The molecule has 1 aromatic heterocycles. The van der Waals surface area contributed by atoms with E-state index in [1.807, 2.05) is 13.8 Å². The molecule has 1 heterocycles. The van der Waals surface area contributed by atoms with Gasteiger partial charge in [-0.3, -0.25) is 0 Å². The Bertz CT molecular complexity index is 241. The van der Waals surface area contributed by atoms with Crippen molar-refractivity contribution < 1.29 is 4.68 Å². The Labute approximate surface area is 79.7 Å². The molecule has 0 aliphatic carbocycles. The molecule has 0 saturated carbocycles. The zero-order valence-electron chi connectivity index (χ0n) is 8.88. The highest BCUT2D eigenvalue weighted by atomic mass is 32.2. The van der Waals surface area contributed by atoms with Gasteiger partial charge in [0.1, 0.15) is 0 Å². The van der Waals surface area contributed by atoms with Crippen LogP contribution >= 0.6 is 11.9 Å². The van der Waals surface area contributed by atoms with Gasteiger partial charge in [0.05, 0.1) is 5.69 Å². The van der Waals surface area contributed by atoms with Crippen LogP contribution in [0.4, 0.5) is 0 Å². The summed E-state index contributed by atoms with van der Waals surface area (Å²) in [5, 5.41) is 0. The van der Waals surface area contributed by atoms with Gasteiger partial charge in [0.2, 0.25) is 5.69 Å². The fourth-order valence-electron chi connectivity index (χ4n) is 1.10. The number of aryl methyl sites for hydroxylation is 2. The van der Waals surface area contributed by atoms with Gasteiger partial charge in [-0.15, -0.1) is 4.68 Å². The summed E-state index contributed by atoms with van der Waals surface area (Å²) in [6, 6.07) is 2.18. The smallest absolute Gasteiger partial charge is 0.105 e. The van der Waals surface area contributed by atoms with Crippen molar-refractivity contribution in [3.8, 4) is 0 Å². The minimum absolute atomic E-state index is 1.30. The topological polar surface area (TPSA) is 8.81 Å². The van der Waals surface area contributed by atoms with Crippen molar-refractivity contribution in [1.82, 2.24) is 4.09 Å². The number of aromatic nitrogens is 2. The van der Waals surface area contributed by atoms with Crippen molar-refractivity contribution in [1.29, 1.82) is 0 Å². The first-order chi connectivity index (χ1) is 5.66. The maximum absolute atomic E-state index is 2.18. The lowest BCUT2D eigenvalue weighted by Crippen LogP contribution is -2.38. The van der Waals surface area contributed by atoms with Crippen LogP contribution in [-0.4, -0.2) is 10.3 Å². The lowest BCUT2D eigenvalue weighted by atomic mass is 10.4. The molecule has 0 bridgehead atoms. The molecule has 0 atom stereocenters. The van der Waals surface area contributed by atoms with Gasteiger partial charge in [0.15, 0.2) is 7.05 Å². The van der Waals surface area contributed by atoms with E-state index in [0.717, 1.165) is 0 Å². The molecule has 0 saturated heterocycles. The zero-order chi connectivity index (χ0) is 9.72. The van der Waals surface area contributed by atoms with Crippen LogP contribution in [-0.2, 0) is 7.05 Å². The van der Waals surface area contributed by atoms with E-state index in [9.17, 15) is 0 Å². The van der Waals surface area contributed by atoms with Gasteiger partial charge in [-0.2, -0.15) is 0 Å². The number of hydrogen-bond acceptors (Lipinski definition) is 1. The van der Waals surface area contributed by atoms with Gasteiger partial charge in [-0.05, 0) is 6.92 Å². The third kappa shape index (κ3) is 2.27. The van der Waals surface area contributed by atoms with Gasteiger partial charge < -0.3 is 0 Å². The van der Waals surface area contributed by atoms with Gasteiger partial charge >= 0.3 is 0 Å². The maximum Gasteiger partial charge on any atom is 0.205 e. The zero-order valence-corrected chi connectivity index (χ0v) is 9.70. The highest BCUT2D eigenvalue weighted by Crippen LogP contribution is 2.04. The van der Waals surface area contributed by atoms with E-state index < -0.39 is 0 Å². The predicted octanol–water partition coefficient (Wildman–Crippen LogP) is 2.08. The molecule has 12 heavy (non-hydrogen) atoms. The first-order valence-corrected chi connectivity index (χ1v) is 5.44. The Morgan fingerprint density at radius 1 is 1.33 bits per heavy atom. The van der Waals surface area contributed by atoms with Crippen LogP contribution in [0.5, 0.6) is 0 Å². The molecule has 0 fully saturated rings. The summed E-state index contributed by atoms with van der Waals surface area (Å²) in [6.07, 6.45) is 2.08. The van der Waals surface area contributed by atoms with Crippen LogP contribution in [0, 0.1) is 13.8 Å². The Balaban J connectivity index is 0.000000561. The number of hydrogen-bond donors (Lipinski definition) is 0. The normalized spacial score (nSPS) is 9.17. The Kier molecular flexibility index (Phi) is 5.06. The van der Waals surface area contributed by atoms with Crippen molar-refractivity contribution in [3.05, 3.63) is 17.5 Å². The SMILES string of the molecule is CC.CSn1c(C)cc(C)[n+]1C. The van der Waals surface area contributed by atoms with E-state index in [2.05, 4.69) is 42.0 Å². The average molecular weight is 187 g/mol. The van der Waals surface area contributed by atoms with E-state index in [1.165, 1.54) is 11.4 Å². The molecule has 3 heteroatoms. The minimum Gasteiger partial charge on any atom is -0.105 e. The van der Waals surface area contributed by atoms with E-state index in [-0.39, 0.29) is 0 Å². The lowest BCUT2D eigenvalue weighted by Gasteiger charge is -1.94. The largest absolute Gasteiger partial charge is 0.205 e. The van der Waals surface area contributed by atoms with E-state index in [1.54, 1.807) is 11.9 Å². The van der Waals surface area contributed by atoms with E-state index in [4.69, 9.17) is 0 Å². The highest BCUT2D eigenvalue weighted by Gasteiger charge is 2.10. The Morgan fingerprint density at radius 3 is 2.00 bits per heavy atom. The summed E-state index contributed by atoms with van der Waals surface area (Å²) < 4.78 is 4.30. The molecule has 0 aliphatic heterocycles. The first-order valence-electron chi connectivity index (χ1n) is 4.26. The van der Waals surface area contributed by atoms with Crippen molar-refractivity contribution in [2.24, 2.45) is 7.05 Å². The second kappa shape index (κ2) is 5.25. The first kappa shape index (κ1) is 11.6. The van der Waals surface area contributed by atoms with E-state index >= 15 is 0 Å². The second-order valence-electron chi connectivity index (χ2n) is 2.41. The molecule has 0 amide bonds. The summed E-state index contributed by atoms with van der Waals surface area (Å²) >= 11 is 1.72. The predicted molar refractivity (Wildman–Crippen MR) is 55.3 cm³/mol. The quantitative estimate of drug-likeness (QED) is 0.611. The van der Waals surface area contributed by atoms with Crippen molar-refractivity contribution in [2.75, 3.05) is 6.26 Å². The molecule has 2 nitrogen and oxygen atoms in total. The van der Waals surface area contributed by atoms with Crippen LogP contribution in [0.25, 0.3) is 0 Å². The molecular weight excluding hydrogens is 168 g/mol. The average Bonchev–Trinajstić information content (AvgIpc) is 2.31. The molecule has 1 rings (SSSR count). The number of rotatable bonds is 1. The number of nitrogens with zero attached hydrogens (tertiary/aromatic N) is 2. The van der Waals surface area contributed by atoms with Crippen LogP contribution in [0.3, 0.4) is 0 Å². The molecule has 0 aliphatic rings. The van der Waals surface area contributed by atoms with Crippen molar-refractivity contribution >= 4 is 11.9 Å². The van der Waals surface area contributed by atoms with Gasteiger partial charge in [0.25, 0.3) is 0 Å². The minimum atomic E-state index is 1.30. The fraction of sp³-hybridized carbons (Fsp3) is 0.667. The third-order valence-electron chi connectivity index (χ3n) is 1.68. The fourth-order valence-corrected chi connectivity index (χ4v) is 1.81. The molecule has 0 aromatic carbocycles. The van der Waals surface area contributed by atoms with Gasteiger partial charge in [0, 0.05) is 31.2 Å². The second-order valence-corrected chi connectivity index (χ2v) is 3.12. The van der Waals surface area contributed by atoms with Crippen LogP contribution in [0.15, 0.2) is 6.07 Å². The summed E-state index contributed by atoms with van der Waals surface area (Å²) in [7, 11) is 2.07. The Morgan fingerprint density at radius 2 is 1.83 bits per heavy atom. The molecule has 0 unspecified atom stereocenters. The molecule has 1 aromatic rings. The summed E-state index contributed by atoms with van der Waals surface area (Å²) in [5.41, 5.74) is 2.60. The van der Waals surface area contributed by atoms with Crippen molar-refractivity contribution in [2.45, 2.75) is 27.7 Å². The summed E-state index contributed by atoms with van der Waals surface area (Å²) in [6.45, 7) is 8.23.